The number of hydrogen-bond acceptors (Lipinski definition) is 6. The standard InChI is InChI=1S/C29H26ClN5O4/c1-39-24(37)16-17-12-13-19-22(15-17)32-23(36)11-4-2-3-10-21(28-34-26(19)27(30)35-28)33-29(38)20-9-5-7-18-8-6-14-31-25(18)20/h2-3,5-9,12-15,21H,4,10-11,16H2,1H3,(H,32,36)(H,33,38)(H,34,35)/b3-2+/t21-/m0/s1. The van der Waals surface area contributed by atoms with E-state index in [1.807, 2.05) is 36.4 Å². The molecule has 3 heterocycles. The quantitative estimate of drug-likeness (QED) is 0.241. The maximum absolute atomic E-state index is 13.4. The molecule has 0 unspecified atom stereocenters. The van der Waals surface area contributed by atoms with Crippen molar-refractivity contribution in [3.05, 3.63) is 89.0 Å². The number of imidazole rings is 1. The van der Waals surface area contributed by atoms with Crippen molar-refractivity contribution in [3.8, 4) is 11.3 Å². The summed E-state index contributed by atoms with van der Waals surface area (Å²) < 4.78 is 4.78. The van der Waals surface area contributed by atoms with E-state index in [1.165, 1.54) is 7.11 Å². The second kappa shape index (κ2) is 11.5. The lowest BCUT2D eigenvalue weighted by Gasteiger charge is -2.16. The minimum Gasteiger partial charge on any atom is -0.469 e. The average molecular weight is 544 g/mol. The molecule has 4 aromatic rings. The van der Waals surface area contributed by atoms with E-state index in [9.17, 15) is 14.4 Å². The Labute approximate surface area is 229 Å². The first-order chi connectivity index (χ1) is 18.9. The number of anilines is 1. The van der Waals surface area contributed by atoms with Gasteiger partial charge in [0, 0.05) is 23.6 Å². The van der Waals surface area contributed by atoms with Crippen LogP contribution < -0.4 is 10.6 Å². The van der Waals surface area contributed by atoms with Crippen molar-refractivity contribution in [2.45, 2.75) is 31.7 Å². The number of pyridine rings is 1. The topological polar surface area (TPSA) is 126 Å². The molecule has 0 radical (unpaired) electrons. The largest absolute Gasteiger partial charge is 0.469 e. The maximum atomic E-state index is 13.4. The zero-order valence-corrected chi connectivity index (χ0v) is 21.9. The predicted molar refractivity (Wildman–Crippen MR) is 148 cm³/mol. The van der Waals surface area contributed by atoms with Crippen LogP contribution in [-0.4, -0.2) is 39.8 Å². The molecule has 198 valence electrons. The first kappa shape index (κ1) is 26.1. The summed E-state index contributed by atoms with van der Waals surface area (Å²) in [7, 11) is 1.32. The third kappa shape index (κ3) is 5.83. The van der Waals surface area contributed by atoms with Crippen LogP contribution in [0.4, 0.5) is 5.69 Å². The number of aromatic amines is 1. The number of ether oxygens (including phenoxy) is 1. The number of esters is 1. The van der Waals surface area contributed by atoms with E-state index in [0.717, 1.165) is 5.39 Å². The number of methoxy groups -OCH3 is 1. The summed E-state index contributed by atoms with van der Waals surface area (Å²) in [5, 5.41) is 7.12. The van der Waals surface area contributed by atoms with Gasteiger partial charge in [0.15, 0.2) is 0 Å². The van der Waals surface area contributed by atoms with Gasteiger partial charge in [-0.05, 0) is 36.6 Å². The summed E-state index contributed by atoms with van der Waals surface area (Å²) in [6.45, 7) is 0. The lowest BCUT2D eigenvalue weighted by Crippen LogP contribution is -2.29. The van der Waals surface area contributed by atoms with Crippen LogP contribution in [0, 0.1) is 0 Å². The molecule has 2 aromatic heterocycles. The SMILES string of the molecule is COC(=O)Cc1ccc2c(c1)NC(=O)CC/C=C/C[C@H](NC(=O)c1cccc3cccnc13)c1nc-2c(Cl)[nH]1. The predicted octanol–water partition coefficient (Wildman–Crippen LogP) is 5.14. The summed E-state index contributed by atoms with van der Waals surface area (Å²) in [5.41, 5.74) is 3.21. The summed E-state index contributed by atoms with van der Waals surface area (Å²) in [4.78, 5) is 50.2. The molecule has 2 aromatic carbocycles. The fourth-order valence-electron chi connectivity index (χ4n) is 4.50. The third-order valence-electron chi connectivity index (χ3n) is 6.46. The van der Waals surface area contributed by atoms with Crippen LogP contribution in [0.15, 0.2) is 66.9 Å². The highest BCUT2D eigenvalue weighted by atomic mass is 35.5. The van der Waals surface area contributed by atoms with Gasteiger partial charge in [-0.1, -0.05) is 54.1 Å². The molecule has 1 aliphatic heterocycles. The fraction of sp³-hybridized carbons (Fsp3) is 0.207. The maximum Gasteiger partial charge on any atom is 0.309 e. The number of fused-ring (bicyclic) bond motifs is 5. The highest BCUT2D eigenvalue weighted by molar-refractivity contribution is 6.32. The molecule has 1 aliphatic rings. The third-order valence-corrected chi connectivity index (χ3v) is 6.73. The molecule has 0 fully saturated rings. The van der Waals surface area contributed by atoms with Crippen LogP contribution in [0.5, 0.6) is 0 Å². The Morgan fingerprint density at radius 1 is 1.15 bits per heavy atom. The molecule has 10 heteroatoms. The van der Waals surface area contributed by atoms with Crippen LogP contribution in [0.25, 0.3) is 22.2 Å². The zero-order chi connectivity index (χ0) is 27.4. The van der Waals surface area contributed by atoms with Gasteiger partial charge in [-0.3, -0.25) is 19.4 Å². The van der Waals surface area contributed by atoms with Crippen LogP contribution in [-0.2, 0) is 20.7 Å². The molecule has 2 amide bonds. The van der Waals surface area contributed by atoms with Gasteiger partial charge in [0.05, 0.1) is 36.3 Å². The summed E-state index contributed by atoms with van der Waals surface area (Å²) >= 11 is 6.61. The number of halogens is 1. The number of allylic oxidation sites excluding steroid dienone is 1. The monoisotopic (exact) mass is 543 g/mol. The molecule has 0 aliphatic carbocycles. The number of H-pyrrole nitrogens is 1. The number of carbonyl (C=O) groups is 3. The molecule has 39 heavy (non-hydrogen) atoms. The minimum absolute atomic E-state index is 0.0546. The molecule has 5 rings (SSSR count). The number of nitrogens with zero attached hydrogens (tertiary/aromatic N) is 2. The molecule has 3 N–H and O–H groups in total. The van der Waals surface area contributed by atoms with Crippen LogP contribution in [0.3, 0.4) is 0 Å². The molecular formula is C29H26ClN5O4. The Hall–Kier alpha value is -4.50. The molecule has 0 saturated heterocycles. The number of aromatic nitrogens is 3. The van der Waals surface area contributed by atoms with Crippen molar-refractivity contribution < 1.29 is 19.1 Å². The second-order valence-corrected chi connectivity index (χ2v) is 9.50. The normalized spacial score (nSPS) is 16.2. The minimum atomic E-state index is -0.523. The van der Waals surface area contributed by atoms with Crippen molar-refractivity contribution >= 4 is 46.0 Å². The lowest BCUT2D eigenvalue weighted by atomic mass is 10.0. The zero-order valence-electron chi connectivity index (χ0n) is 21.2. The highest BCUT2D eigenvalue weighted by Gasteiger charge is 2.24. The van der Waals surface area contributed by atoms with Crippen LogP contribution in [0.2, 0.25) is 5.15 Å². The number of amides is 2. The van der Waals surface area contributed by atoms with Gasteiger partial charge < -0.3 is 20.4 Å². The van der Waals surface area contributed by atoms with E-state index < -0.39 is 12.0 Å². The van der Waals surface area contributed by atoms with Crippen molar-refractivity contribution in [1.82, 2.24) is 20.3 Å². The number of rotatable bonds is 4. The van der Waals surface area contributed by atoms with E-state index in [1.54, 1.807) is 30.5 Å². The van der Waals surface area contributed by atoms with Gasteiger partial charge >= 0.3 is 5.97 Å². The molecule has 0 saturated carbocycles. The van der Waals surface area contributed by atoms with Gasteiger partial charge in [-0.15, -0.1) is 0 Å². The van der Waals surface area contributed by atoms with Gasteiger partial charge in [0.2, 0.25) is 5.91 Å². The molecule has 2 bridgehead atoms. The Balaban J connectivity index is 1.52. The molecule has 0 spiro atoms. The van der Waals surface area contributed by atoms with Gasteiger partial charge in [-0.25, -0.2) is 4.98 Å². The average Bonchev–Trinajstić information content (AvgIpc) is 3.32. The molecule has 9 nitrogen and oxygen atoms in total. The Morgan fingerprint density at radius 2 is 2.00 bits per heavy atom. The van der Waals surface area contributed by atoms with Crippen LogP contribution >= 0.6 is 11.6 Å². The van der Waals surface area contributed by atoms with E-state index >= 15 is 0 Å². The van der Waals surface area contributed by atoms with Gasteiger partial charge in [0.1, 0.15) is 16.7 Å². The lowest BCUT2D eigenvalue weighted by molar-refractivity contribution is -0.139. The van der Waals surface area contributed by atoms with E-state index in [-0.39, 0.29) is 29.8 Å². The van der Waals surface area contributed by atoms with Gasteiger partial charge in [-0.2, -0.15) is 0 Å². The number of nitrogens with one attached hydrogen (secondary N) is 3. The molecule has 1 atom stereocenters. The van der Waals surface area contributed by atoms with Crippen molar-refractivity contribution in [2.24, 2.45) is 0 Å². The number of carbonyl (C=O) groups excluding carboxylic acids is 3. The number of para-hydroxylation sites is 1. The van der Waals surface area contributed by atoms with Crippen molar-refractivity contribution in [3.63, 3.8) is 0 Å². The molecular weight excluding hydrogens is 518 g/mol. The summed E-state index contributed by atoms with van der Waals surface area (Å²) in [6, 6.07) is 13.9. The number of hydrogen-bond donors (Lipinski definition) is 3. The number of benzene rings is 2. The van der Waals surface area contributed by atoms with E-state index in [4.69, 9.17) is 21.3 Å². The highest BCUT2D eigenvalue weighted by Crippen LogP contribution is 2.35. The van der Waals surface area contributed by atoms with E-state index in [0.29, 0.717) is 52.3 Å². The smallest absolute Gasteiger partial charge is 0.309 e. The summed E-state index contributed by atoms with van der Waals surface area (Å²) in [5.74, 6) is -0.399. The first-order valence-corrected chi connectivity index (χ1v) is 12.9. The Morgan fingerprint density at radius 3 is 2.85 bits per heavy atom. The first-order valence-electron chi connectivity index (χ1n) is 12.5. The van der Waals surface area contributed by atoms with Crippen molar-refractivity contribution in [1.29, 1.82) is 0 Å². The summed E-state index contributed by atoms with van der Waals surface area (Å²) in [6.07, 6.45) is 6.72. The Kier molecular flexibility index (Phi) is 7.69. The Bertz CT molecular complexity index is 1590. The van der Waals surface area contributed by atoms with Crippen molar-refractivity contribution in [2.75, 3.05) is 12.4 Å². The second-order valence-electron chi connectivity index (χ2n) is 9.12. The van der Waals surface area contributed by atoms with Crippen LogP contribution in [0.1, 0.15) is 47.1 Å². The van der Waals surface area contributed by atoms with E-state index in [2.05, 4.69) is 20.6 Å². The fourth-order valence-corrected chi connectivity index (χ4v) is 4.74. The van der Waals surface area contributed by atoms with Gasteiger partial charge in [0.25, 0.3) is 5.91 Å².